The molecule has 3 rings (SSSR count). The Balaban J connectivity index is 0.000000187. The van der Waals surface area contributed by atoms with Crippen LogP contribution in [-0.4, -0.2) is 46.7 Å². The molecule has 0 unspecified atom stereocenters. The van der Waals surface area contributed by atoms with E-state index < -0.39 is 11.9 Å². The largest absolute Gasteiger partial charge is 0.478 e. The van der Waals surface area contributed by atoms with Gasteiger partial charge in [-0.1, -0.05) is 36.4 Å². The fourth-order valence-corrected chi connectivity index (χ4v) is 3.04. The Morgan fingerprint density at radius 3 is 1.92 bits per heavy atom. The molecule has 2 N–H and O–H groups in total. The maximum atomic E-state index is 10.6. The molecule has 1 aliphatic rings. The summed E-state index contributed by atoms with van der Waals surface area (Å²) in [7, 11) is 0. The highest BCUT2D eigenvalue weighted by atomic mass is 16.4. The van der Waals surface area contributed by atoms with Gasteiger partial charge in [0.05, 0.1) is 11.1 Å². The molecule has 1 heterocycles. The highest BCUT2D eigenvalue weighted by Crippen LogP contribution is 2.13. The molecule has 0 amide bonds. The first-order chi connectivity index (χ1) is 12.5. The van der Waals surface area contributed by atoms with Gasteiger partial charge in [0.1, 0.15) is 0 Å². The summed E-state index contributed by atoms with van der Waals surface area (Å²) in [6, 6.07) is 14.9. The number of carboxylic acid groups (broad SMARTS) is 2. The molecular weight excluding hydrogens is 330 g/mol. The van der Waals surface area contributed by atoms with E-state index in [0.717, 1.165) is 0 Å². The standard InChI is InChI=1S/C12H17N.C9H8O4/c1-2-6-12(7-3-1)8-11-13-9-4-5-10-13;1-5-6(8(10)11)3-2-4-7(5)9(12)13/h1-3,6-7H,4-5,8-11H2;2-4H,1H3,(H,10,11)(H,12,13). The van der Waals surface area contributed by atoms with E-state index in [2.05, 4.69) is 35.2 Å². The number of carbonyl (C=O) groups is 2. The van der Waals surface area contributed by atoms with Gasteiger partial charge in [0.2, 0.25) is 0 Å². The molecule has 0 bridgehead atoms. The second-order valence-corrected chi connectivity index (χ2v) is 6.37. The Morgan fingerprint density at radius 1 is 0.885 bits per heavy atom. The molecule has 5 heteroatoms. The van der Waals surface area contributed by atoms with E-state index in [4.69, 9.17) is 10.2 Å². The van der Waals surface area contributed by atoms with Crippen molar-refractivity contribution < 1.29 is 19.8 Å². The van der Waals surface area contributed by atoms with E-state index in [1.54, 1.807) is 0 Å². The quantitative estimate of drug-likeness (QED) is 0.855. The second kappa shape index (κ2) is 9.73. The van der Waals surface area contributed by atoms with E-state index in [9.17, 15) is 9.59 Å². The summed E-state index contributed by atoms with van der Waals surface area (Å²) < 4.78 is 0. The van der Waals surface area contributed by atoms with Crippen molar-refractivity contribution in [3.63, 3.8) is 0 Å². The van der Waals surface area contributed by atoms with Crippen molar-refractivity contribution >= 4 is 11.9 Å². The number of carboxylic acids is 2. The van der Waals surface area contributed by atoms with Gasteiger partial charge in [-0.15, -0.1) is 0 Å². The van der Waals surface area contributed by atoms with Crippen molar-refractivity contribution in [3.8, 4) is 0 Å². The minimum Gasteiger partial charge on any atom is -0.478 e. The molecule has 0 aromatic heterocycles. The first-order valence-corrected chi connectivity index (χ1v) is 8.81. The summed E-state index contributed by atoms with van der Waals surface area (Å²) in [4.78, 5) is 23.8. The van der Waals surface area contributed by atoms with Crippen LogP contribution in [0, 0.1) is 6.92 Å². The lowest BCUT2D eigenvalue weighted by molar-refractivity contribution is 0.0696. The molecule has 0 saturated carbocycles. The SMILES string of the molecule is Cc1c(C(=O)O)cccc1C(=O)O.c1ccc(CCN2CCCC2)cc1. The number of hydrogen-bond donors (Lipinski definition) is 2. The fourth-order valence-electron chi connectivity index (χ4n) is 3.04. The normalized spacial score (nSPS) is 13.7. The van der Waals surface area contributed by atoms with E-state index >= 15 is 0 Å². The molecule has 1 fully saturated rings. The Kier molecular flexibility index (Phi) is 7.36. The van der Waals surface area contributed by atoms with Gasteiger partial charge >= 0.3 is 11.9 Å². The van der Waals surface area contributed by atoms with Gasteiger partial charge in [0.25, 0.3) is 0 Å². The number of aromatic carboxylic acids is 2. The summed E-state index contributed by atoms with van der Waals surface area (Å²) in [5, 5.41) is 17.4. The van der Waals surface area contributed by atoms with Gasteiger partial charge in [-0.25, -0.2) is 9.59 Å². The minimum atomic E-state index is -1.11. The molecule has 0 atom stereocenters. The zero-order chi connectivity index (χ0) is 18.9. The van der Waals surface area contributed by atoms with Crippen LogP contribution in [0.1, 0.15) is 44.7 Å². The first-order valence-electron chi connectivity index (χ1n) is 8.81. The third kappa shape index (κ3) is 5.70. The summed E-state index contributed by atoms with van der Waals surface area (Å²) in [6.45, 7) is 5.34. The smallest absolute Gasteiger partial charge is 0.335 e. The van der Waals surface area contributed by atoms with Gasteiger partial charge in [-0.3, -0.25) is 0 Å². The lowest BCUT2D eigenvalue weighted by Crippen LogP contribution is -2.21. The van der Waals surface area contributed by atoms with Crippen molar-refractivity contribution in [2.45, 2.75) is 26.2 Å². The third-order valence-electron chi connectivity index (χ3n) is 4.55. The Labute approximate surface area is 153 Å². The Hall–Kier alpha value is -2.66. The first kappa shape index (κ1) is 19.7. The van der Waals surface area contributed by atoms with Crippen LogP contribution >= 0.6 is 0 Å². The second-order valence-electron chi connectivity index (χ2n) is 6.37. The topological polar surface area (TPSA) is 77.8 Å². The van der Waals surface area contributed by atoms with Crippen LogP contribution in [-0.2, 0) is 6.42 Å². The van der Waals surface area contributed by atoms with Gasteiger partial charge in [-0.2, -0.15) is 0 Å². The Bertz CT molecular complexity index is 705. The summed E-state index contributed by atoms with van der Waals surface area (Å²) in [5.74, 6) is -2.22. The molecule has 5 nitrogen and oxygen atoms in total. The van der Waals surface area contributed by atoms with Crippen LogP contribution in [0.25, 0.3) is 0 Å². The number of rotatable bonds is 5. The molecule has 26 heavy (non-hydrogen) atoms. The number of benzene rings is 2. The zero-order valence-electron chi connectivity index (χ0n) is 15.0. The van der Waals surface area contributed by atoms with Crippen LogP contribution in [0.15, 0.2) is 48.5 Å². The van der Waals surface area contributed by atoms with Gasteiger partial charge in [0, 0.05) is 6.54 Å². The van der Waals surface area contributed by atoms with Crippen LogP contribution in [0.4, 0.5) is 0 Å². The Morgan fingerprint density at radius 2 is 1.42 bits per heavy atom. The van der Waals surface area contributed by atoms with Crippen molar-refractivity contribution in [2.24, 2.45) is 0 Å². The van der Waals surface area contributed by atoms with Crippen LogP contribution in [0.2, 0.25) is 0 Å². The maximum absolute atomic E-state index is 10.6. The molecule has 2 aromatic rings. The van der Waals surface area contributed by atoms with Gasteiger partial charge in [0.15, 0.2) is 0 Å². The van der Waals surface area contributed by atoms with Crippen molar-refractivity contribution in [3.05, 3.63) is 70.8 Å². The van der Waals surface area contributed by atoms with Crippen LogP contribution in [0.3, 0.4) is 0 Å². The lowest BCUT2D eigenvalue weighted by Gasteiger charge is -2.13. The zero-order valence-corrected chi connectivity index (χ0v) is 15.0. The fraction of sp³-hybridized carbons (Fsp3) is 0.333. The molecule has 138 valence electrons. The molecule has 1 saturated heterocycles. The average molecular weight is 355 g/mol. The highest BCUT2D eigenvalue weighted by Gasteiger charge is 2.13. The van der Waals surface area contributed by atoms with Crippen molar-refractivity contribution in [1.29, 1.82) is 0 Å². The van der Waals surface area contributed by atoms with Crippen molar-refractivity contribution in [2.75, 3.05) is 19.6 Å². The molecule has 2 aromatic carbocycles. The van der Waals surface area contributed by atoms with Gasteiger partial charge < -0.3 is 15.1 Å². The average Bonchev–Trinajstić information content (AvgIpc) is 3.15. The van der Waals surface area contributed by atoms with E-state index in [0.29, 0.717) is 0 Å². The summed E-state index contributed by atoms with van der Waals surface area (Å²) >= 11 is 0. The van der Waals surface area contributed by atoms with Gasteiger partial charge in [-0.05, 0) is 62.5 Å². The molecule has 0 aliphatic carbocycles. The monoisotopic (exact) mass is 355 g/mol. The predicted molar refractivity (Wildman–Crippen MR) is 101 cm³/mol. The number of nitrogens with zero attached hydrogens (tertiary/aromatic N) is 1. The third-order valence-corrected chi connectivity index (χ3v) is 4.55. The highest BCUT2D eigenvalue weighted by molar-refractivity contribution is 5.96. The summed E-state index contributed by atoms with van der Waals surface area (Å²) in [5.41, 5.74) is 1.80. The molecule has 0 radical (unpaired) electrons. The van der Waals surface area contributed by atoms with E-state index in [1.165, 1.54) is 69.6 Å². The van der Waals surface area contributed by atoms with E-state index in [1.807, 2.05) is 0 Å². The minimum absolute atomic E-state index is 0.0277. The molecular formula is C21H25NO4. The van der Waals surface area contributed by atoms with E-state index in [-0.39, 0.29) is 16.7 Å². The lowest BCUT2D eigenvalue weighted by atomic mass is 10.0. The predicted octanol–water partition coefficient (Wildman–Crippen LogP) is 3.72. The molecule has 0 spiro atoms. The maximum Gasteiger partial charge on any atom is 0.335 e. The molecule has 1 aliphatic heterocycles. The number of hydrogen-bond acceptors (Lipinski definition) is 3. The van der Waals surface area contributed by atoms with Crippen LogP contribution < -0.4 is 0 Å². The van der Waals surface area contributed by atoms with Crippen molar-refractivity contribution in [1.82, 2.24) is 4.90 Å². The summed E-state index contributed by atoms with van der Waals surface area (Å²) in [6.07, 6.45) is 4.00. The van der Waals surface area contributed by atoms with Crippen LogP contribution in [0.5, 0.6) is 0 Å². The number of likely N-dealkylation sites (tertiary alicyclic amines) is 1.